The van der Waals surface area contributed by atoms with Crippen molar-refractivity contribution in [3.8, 4) is 5.75 Å². The number of carbonyl (C=O) groups excluding carboxylic acids is 4. The zero-order chi connectivity index (χ0) is 25.6. The number of benzene rings is 1. The van der Waals surface area contributed by atoms with Gasteiger partial charge in [-0.2, -0.15) is 0 Å². The van der Waals surface area contributed by atoms with E-state index in [4.69, 9.17) is 5.73 Å². The molecule has 7 N–H and O–H groups in total. The molecule has 2 amide bonds. The van der Waals surface area contributed by atoms with Gasteiger partial charge in [0, 0.05) is 18.7 Å². The molecular weight excluding hydrogens is 446 g/mol. The van der Waals surface area contributed by atoms with Crippen molar-refractivity contribution in [1.29, 1.82) is 0 Å². The van der Waals surface area contributed by atoms with Crippen molar-refractivity contribution in [2.24, 2.45) is 17.6 Å². The van der Waals surface area contributed by atoms with Gasteiger partial charge in [-0.15, -0.1) is 0 Å². The van der Waals surface area contributed by atoms with Crippen LogP contribution in [-0.4, -0.2) is 88.2 Å². The smallest absolute Gasteiger partial charge is 0.238 e. The molecule has 0 unspecified atom stereocenters. The zero-order valence-corrected chi connectivity index (χ0v) is 19.4. The van der Waals surface area contributed by atoms with Gasteiger partial charge in [-0.3, -0.25) is 19.2 Å². The summed E-state index contributed by atoms with van der Waals surface area (Å²) in [6, 6.07) is 2.84. The number of rotatable bonds is 12. The predicted octanol–water partition coefficient (Wildman–Crippen LogP) is -0.806. The van der Waals surface area contributed by atoms with E-state index in [1.54, 1.807) is 19.0 Å². The molecule has 0 spiro atoms. The molecule has 0 fully saturated rings. The summed E-state index contributed by atoms with van der Waals surface area (Å²) < 4.78 is 0. The van der Waals surface area contributed by atoms with Crippen LogP contribution in [0.2, 0.25) is 0 Å². The molecule has 11 heteroatoms. The number of nitrogens with zero attached hydrogens (tertiary/aromatic N) is 1. The minimum absolute atomic E-state index is 0.0108. The van der Waals surface area contributed by atoms with Gasteiger partial charge in [0.2, 0.25) is 11.8 Å². The number of hydrogen-bond acceptors (Lipinski definition) is 9. The van der Waals surface area contributed by atoms with Crippen molar-refractivity contribution in [2.45, 2.75) is 37.7 Å². The highest BCUT2D eigenvalue weighted by Crippen LogP contribution is 2.40. The quantitative estimate of drug-likeness (QED) is 0.164. The number of likely N-dealkylation sites (N-methyl/N-ethyl adjacent to an activating group) is 1. The van der Waals surface area contributed by atoms with E-state index in [9.17, 15) is 39.6 Å². The van der Waals surface area contributed by atoms with Gasteiger partial charge in [-0.1, -0.05) is 0 Å². The number of amides is 2. The Hall–Kier alpha value is -2.86. The predicted molar refractivity (Wildman–Crippen MR) is 122 cm³/mol. The maximum absolute atomic E-state index is 12.9. The SMILES string of the molecule is CN(C)CC(=O)Nc1ccc(O)c2c1C[C@@H](C[C@@H](CCO)[C@](O)(CO)C(=O)CC(N)=O)CC2=O. The van der Waals surface area contributed by atoms with Gasteiger partial charge in [0.15, 0.2) is 11.6 Å². The number of phenolic OH excluding ortho intramolecular Hbond substituents is 1. The maximum Gasteiger partial charge on any atom is 0.238 e. The van der Waals surface area contributed by atoms with Crippen molar-refractivity contribution in [3.05, 3.63) is 23.3 Å². The van der Waals surface area contributed by atoms with E-state index in [0.717, 1.165) is 0 Å². The van der Waals surface area contributed by atoms with Crippen LogP contribution in [0.4, 0.5) is 5.69 Å². The van der Waals surface area contributed by atoms with Crippen molar-refractivity contribution >= 4 is 29.1 Å². The molecule has 1 aromatic rings. The minimum Gasteiger partial charge on any atom is -0.507 e. The number of hydrogen-bond donors (Lipinski definition) is 6. The molecule has 34 heavy (non-hydrogen) atoms. The van der Waals surface area contributed by atoms with E-state index >= 15 is 0 Å². The standard InChI is InChI=1S/C23H33N3O8/c1-26(2)11-21(33)25-16-3-4-17(29)22-15(16)8-13(9-18(22)30)7-14(5-6-27)23(34,12-28)19(31)10-20(24)32/h3-4,13-14,27-29,34H,5-12H2,1-2H3,(H2,24,32)(H,25,33)/t13-,14-,23-/m1/s1. The van der Waals surface area contributed by atoms with Crippen LogP contribution in [0.15, 0.2) is 12.1 Å². The Kier molecular flexibility index (Phi) is 9.28. The summed E-state index contributed by atoms with van der Waals surface area (Å²) in [5, 5.41) is 43.2. The zero-order valence-electron chi connectivity index (χ0n) is 19.4. The minimum atomic E-state index is -2.32. The average molecular weight is 480 g/mol. The largest absolute Gasteiger partial charge is 0.507 e. The number of fused-ring (bicyclic) bond motifs is 1. The fraction of sp³-hybridized carbons (Fsp3) is 0.565. The second-order valence-electron chi connectivity index (χ2n) is 9.06. The number of primary amides is 1. The van der Waals surface area contributed by atoms with Crippen LogP contribution in [0, 0.1) is 11.8 Å². The number of aliphatic hydroxyl groups excluding tert-OH is 2. The first-order valence-electron chi connectivity index (χ1n) is 11.0. The lowest BCUT2D eigenvalue weighted by atomic mass is 9.71. The summed E-state index contributed by atoms with van der Waals surface area (Å²) >= 11 is 0. The first kappa shape index (κ1) is 27.4. The molecule has 2 rings (SSSR count). The molecule has 0 saturated carbocycles. The van der Waals surface area contributed by atoms with E-state index in [2.05, 4.69) is 5.32 Å². The third-order valence-corrected chi connectivity index (χ3v) is 6.10. The second kappa shape index (κ2) is 11.5. The number of phenols is 1. The maximum atomic E-state index is 12.9. The van der Waals surface area contributed by atoms with Gasteiger partial charge in [-0.05, 0) is 62.9 Å². The summed E-state index contributed by atoms with van der Waals surface area (Å²) in [5.74, 6) is -4.20. The topological polar surface area (TPSA) is 190 Å². The Morgan fingerprint density at radius 2 is 1.91 bits per heavy atom. The van der Waals surface area contributed by atoms with Crippen molar-refractivity contribution in [2.75, 3.05) is 39.2 Å². The highest BCUT2D eigenvalue weighted by Gasteiger charge is 2.45. The molecule has 0 aliphatic heterocycles. The van der Waals surface area contributed by atoms with Crippen LogP contribution in [-0.2, 0) is 20.8 Å². The lowest BCUT2D eigenvalue weighted by Gasteiger charge is -2.36. The molecule has 0 radical (unpaired) electrons. The van der Waals surface area contributed by atoms with Crippen molar-refractivity contribution in [1.82, 2.24) is 4.90 Å². The number of aromatic hydroxyl groups is 1. The van der Waals surface area contributed by atoms with E-state index < -0.39 is 48.8 Å². The first-order valence-corrected chi connectivity index (χ1v) is 11.0. The Morgan fingerprint density at radius 3 is 2.47 bits per heavy atom. The Morgan fingerprint density at radius 1 is 1.24 bits per heavy atom. The highest BCUT2D eigenvalue weighted by molar-refractivity contribution is 6.04. The summed E-state index contributed by atoms with van der Waals surface area (Å²) in [6.07, 6.45) is -0.551. The van der Waals surface area contributed by atoms with E-state index in [0.29, 0.717) is 11.3 Å². The van der Waals surface area contributed by atoms with Crippen LogP contribution in [0.5, 0.6) is 5.75 Å². The van der Waals surface area contributed by atoms with Gasteiger partial charge in [0.25, 0.3) is 0 Å². The van der Waals surface area contributed by atoms with E-state index in [1.807, 2.05) is 0 Å². The van der Waals surface area contributed by atoms with Crippen LogP contribution in [0.1, 0.15) is 41.6 Å². The van der Waals surface area contributed by atoms with Crippen LogP contribution < -0.4 is 11.1 Å². The lowest BCUT2D eigenvalue weighted by Crippen LogP contribution is -2.51. The highest BCUT2D eigenvalue weighted by atomic mass is 16.3. The third-order valence-electron chi connectivity index (χ3n) is 6.10. The molecular formula is C23H33N3O8. The first-order chi connectivity index (χ1) is 15.9. The number of anilines is 1. The van der Waals surface area contributed by atoms with Gasteiger partial charge >= 0.3 is 0 Å². The molecule has 1 aromatic carbocycles. The Bertz CT molecular complexity index is 948. The average Bonchev–Trinajstić information content (AvgIpc) is 2.73. The fourth-order valence-corrected chi connectivity index (χ4v) is 4.51. The van der Waals surface area contributed by atoms with E-state index in [-0.39, 0.29) is 55.2 Å². The molecule has 0 heterocycles. The summed E-state index contributed by atoms with van der Waals surface area (Å²) in [4.78, 5) is 50.6. The molecule has 0 aromatic heterocycles. The normalized spacial score (nSPS) is 18.2. The third kappa shape index (κ3) is 6.38. The van der Waals surface area contributed by atoms with Gasteiger partial charge in [-0.25, -0.2) is 0 Å². The molecule has 11 nitrogen and oxygen atoms in total. The number of carbonyl (C=O) groups is 4. The van der Waals surface area contributed by atoms with E-state index in [1.165, 1.54) is 12.1 Å². The number of aliphatic hydroxyl groups is 3. The van der Waals surface area contributed by atoms with Crippen molar-refractivity contribution < 1.29 is 39.6 Å². The van der Waals surface area contributed by atoms with Crippen molar-refractivity contribution in [3.63, 3.8) is 0 Å². The summed E-state index contributed by atoms with van der Waals surface area (Å²) in [7, 11) is 3.46. The van der Waals surface area contributed by atoms with Gasteiger partial charge < -0.3 is 36.4 Å². The number of nitrogens with two attached hydrogens (primary N) is 1. The van der Waals surface area contributed by atoms with Gasteiger partial charge in [0.1, 0.15) is 11.4 Å². The molecule has 188 valence electrons. The Labute approximate surface area is 197 Å². The lowest BCUT2D eigenvalue weighted by molar-refractivity contribution is -0.153. The molecule has 1 aliphatic rings. The monoisotopic (exact) mass is 479 g/mol. The van der Waals surface area contributed by atoms with Crippen LogP contribution in [0.25, 0.3) is 0 Å². The number of ketones is 2. The molecule has 3 atom stereocenters. The fourth-order valence-electron chi connectivity index (χ4n) is 4.51. The summed E-state index contributed by atoms with van der Waals surface area (Å²) in [5.41, 5.74) is 3.67. The second-order valence-corrected chi connectivity index (χ2v) is 9.06. The van der Waals surface area contributed by atoms with Gasteiger partial charge in [0.05, 0.1) is 25.1 Å². The molecule has 1 aliphatic carbocycles. The van der Waals surface area contributed by atoms with Crippen LogP contribution in [0.3, 0.4) is 0 Å². The van der Waals surface area contributed by atoms with Crippen LogP contribution >= 0.6 is 0 Å². The molecule has 0 saturated heterocycles. The Balaban J connectivity index is 2.35. The molecule has 0 bridgehead atoms. The number of nitrogens with one attached hydrogen (secondary N) is 1. The summed E-state index contributed by atoms with van der Waals surface area (Å²) in [6.45, 7) is -1.27. The number of Topliss-reactive ketones (excluding diaryl/α,β-unsaturated/α-hetero) is 2.